The number of nitrogens with zero attached hydrogens (tertiary/aromatic N) is 2. The van der Waals surface area contributed by atoms with Crippen LogP contribution < -0.4 is 5.32 Å². The molecule has 1 fully saturated rings. The van der Waals surface area contributed by atoms with Gasteiger partial charge in [-0.3, -0.25) is 9.59 Å². The van der Waals surface area contributed by atoms with Gasteiger partial charge in [0.2, 0.25) is 0 Å². The van der Waals surface area contributed by atoms with E-state index in [4.69, 9.17) is 4.74 Å². The van der Waals surface area contributed by atoms with Crippen LogP contribution in [-0.4, -0.2) is 34.1 Å². The number of imidazole rings is 1. The average Bonchev–Trinajstić information content (AvgIpc) is 3.17. The number of aromatic nitrogens is 2. The summed E-state index contributed by atoms with van der Waals surface area (Å²) >= 11 is 0. The predicted octanol–water partition coefficient (Wildman–Crippen LogP) is 0.858. The van der Waals surface area contributed by atoms with E-state index < -0.39 is 5.97 Å². The second-order valence-corrected chi connectivity index (χ2v) is 4.86. The van der Waals surface area contributed by atoms with Gasteiger partial charge >= 0.3 is 5.97 Å². The Labute approximate surface area is 115 Å². The van der Waals surface area contributed by atoms with Crippen LogP contribution in [0, 0.1) is 0 Å². The molecule has 0 atom stereocenters. The van der Waals surface area contributed by atoms with Crippen molar-refractivity contribution in [2.75, 3.05) is 6.61 Å². The van der Waals surface area contributed by atoms with Gasteiger partial charge in [-0.2, -0.15) is 0 Å². The van der Waals surface area contributed by atoms with Gasteiger partial charge in [-0.05, 0) is 25.0 Å². The Balaban J connectivity index is 1.54. The maximum Gasteiger partial charge on any atom is 0.326 e. The maximum atomic E-state index is 11.7. The second-order valence-electron chi connectivity index (χ2n) is 4.86. The summed E-state index contributed by atoms with van der Waals surface area (Å²) in [5.74, 6) is -0.685. The number of ether oxygens (including phenoxy) is 1. The molecular weight excluding hydrogens is 258 g/mol. The lowest BCUT2D eigenvalue weighted by atomic mass is 10.3. The summed E-state index contributed by atoms with van der Waals surface area (Å²) in [6.07, 6.45) is 3.62. The molecule has 104 valence electrons. The van der Waals surface area contributed by atoms with E-state index in [1.807, 2.05) is 24.3 Å². The summed E-state index contributed by atoms with van der Waals surface area (Å²) in [5.41, 5.74) is 1.69. The van der Waals surface area contributed by atoms with Crippen molar-refractivity contribution < 1.29 is 14.3 Å². The monoisotopic (exact) mass is 273 g/mol. The molecule has 1 aromatic carbocycles. The SMILES string of the molecule is O=C(COC(=O)Cn1cnc2ccccc21)NC1CC1. The van der Waals surface area contributed by atoms with E-state index in [9.17, 15) is 9.59 Å². The molecule has 1 aliphatic rings. The van der Waals surface area contributed by atoms with Gasteiger partial charge in [-0.25, -0.2) is 4.98 Å². The molecule has 1 N–H and O–H groups in total. The number of hydrogen-bond acceptors (Lipinski definition) is 4. The van der Waals surface area contributed by atoms with Gasteiger partial charge in [0.25, 0.3) is 5.91 Å². The van der Waals surface area contributed by atoms with Crippen molar-refractivity contribution >= 4 is 22.9 Å². The van der Waals surface area contributed by atoms with Crippen molar-refractivity contribution in [3.63, 3.8) is 0 Å². The minimum atomic E-state index is -0.445. The molecule has 1 amide bonds. The average molecular weight is 273 g/mol. The molecule has 0 spiro atoms. The molecule has 1 aliphatic carbocycles. The minimum absolute atomic E-state index is 0.0528. The number of fused-ring (bicyclic) bond motifs is 1. The highest BCUT2D eigenvalue weighted by atomic mass is 16.5. The lowest BCUT2D eigenvalue weighted by Gasteiger charge is -2.06. The summed E-state index contributed by atoms with van der Waals surface area (Å²) in [5, 5.41) is 2.76. The third kappa shape index (κ3) is 2.96. The van der Waals surface area contributed by atoms with Crippen LogP contribution in [0.15, 0.2) is 30.6 Å². The normalized spacial score (nSPS) is 14.2. The number of rotatable bonds is 5. The summed E-state index contributed by atoms with van der Waals surface area (Å²) < 4.78 is 6.66. The molecule has 0 aliphatic heterocycles. The predicted molar refractivity (Wildman–Crippen MR) is 71.9 cm³/mol. The summed E-state index contributed by atoms with van der Waals surface area (Å²) in [6, 6.07) is 7.81. The molecule has 0 bridgehead atoms. The second kappa shape index (κ2) is 5.32. The van der Waals surface area contributed by atoms with Crippen LogP contribution in [0.2, 0.25) is 0 Å². The van der Waals surface area contributed by atoms with Crippen LogP contribution in [0.25, 0.3) is 11.0 Å². The highest BCUT2D eigenvalue weighted by molar-refractivity contribution is 5.82. The molecule has 3 rings (SSSR count). The van der Waals surface area contributed by atoms with Gasteiger partial charge in [-0.15, -0.1) is 0 Å². The number of hydrogen-bond donors (Lipinski definition) is 1. The van der Waals surface area contributed by atoms with Crippen LogP contribution in [0.3, 0.4) is 0 Å². The quantitative estimate of drug-likeness (QED) is 0.820. The smallest absolute Gasteiger partial charge is 0.326 e. The fraction of sp³-hybridized carbons (Fsp3) is 0.357. The van der Waals surface area contributed by atoms with E-state index in [1.165, 1.54) is 0 Å². The zero-order valence-corrected chi connectivity index (χ0v) is 10.9. The molecule has 6 nitrogen and oxygen atoms in total. The standard InChI is InChI=1S/C14H15N3O3/c18-13(16-10-5-6-10)8-20-14(19)7-17-9-15-11-3-1-2-4-12(11)17/h1-4,9-10H,5-8H2,(H,16,18). The third-order valence-corrected chi connectivity index (χ3v) is 3.13. The van der Waals surface area contributed by atoms with E-state index in [0.717, 1.165) is 23.9 Å². The van der Waals surface area contributed by atoms with Crippen LogP contribution in [0.4, 0.5) is 0 Å². The fourth-order valence-electron chi connectivity index (χ4n) is 1.96. The van der Waals surface area contributed by atoms with Crippen molar-refractivity contribution in [2.24, 2.45) is 0 Å². The fourth-order valence-corrected chi connectivity index (χ4v) is 1.96. The van der Waals surface area contributed by atoms with Crippen LogP contribution in [0.1, 0.15) is 12.8 Å². The van der Waals surface area contributed by atoms with Crippen molar-refractivity contribution in [2.45, 2.75) is 25.4 Å². The Morgan fingerprint density at radius 1 is 1.35 bits per heavy atom. The van der Waals surface area contributed by atoms with E-state index >= 15 is 0 Å². The molecule has 0 saturated heterocycles. The van der Waals surface area contributed by atoms with Gasteiger partial charge in [0, 0.05) is 6.04 Å². The van der Waals surface area contributed by atoms with Crippen molar-refractivity contribution in [3.05, 3.63) is 30.6 Å². The first kappa shape index (κ1) is 12.7. The molecular formula is C14H15N3O3. The maximum absolute atomic E-state index is 11.7. The van der Waals surface area contributed by atoms with Gasteiger partial charge in [-0.1, -0.05) is 12.1 Å². The highest BCUT2D eigenvalue weighted by Crippen LogP contribution is 2.18. The molecule has 1 heterocycles. The first-order valence-corrected chi connectivity index (χ1v) is 6.57. The Morgan fingerprint density at radius 2 is 2.15 bits per heavy atom. The largest absolute Gasteiger partial charge is 0.454 e. The molecule has 2 aromatic rings. The van der Waals surface area contributed by atoms with Crippen molar-refractivity contribution in [1.82, 2.24) is 14.9 Å². The zero-order chi connectivity index (χ0) is 13.9. The van der Waals surface area contributed by atoms with Gasteiger partial charge < -0.3 is 14.6 Å². The van der Waals surface area contributed by atoms with E-state index in [-0.39, 0.29) is 25.1 Å². The van der Waals surface area contributed by atoms with Crippen molar-refractivity contribution in [1.29, 1.82) is 0 Å². The molecule has 0 unspecified atom stereocenters. The molecule has 6 heteroatoms. The first-order chi connectivity index (χ1) is 9.72. The van der Waals surface area contributed by atoms with Gasteiger partial charge in [0.15, 0.2) is 6.61 Å². The lowest BCUT2D eigenvalue weighted by molar-refractivity contribution is -0.149. The van der Waals surface area contributed by atoms with E-state index in [2.05, 4.69) is 10.3 Å². The number of esters is 1. The third-order valence-electron chi connectivity index (χ3n) is 3.13. The summed E-state index contributed by atoms with van der Waals surface area (Å²) in [4.78, 5) is 27.3. The van der Waals surface area contributed by atoms with Crippen LogP contribution in [-0.2, 0) is 20.9 Å². The van der Waals surface area contributed by atoms with E-state index in [0.29, 0.717) is 0 Å². The van der Waals surface area contributed by atoms with E-state index in [1.54, 1.807) is 10.9 Å². The first-order valence-electron chi connectivity index (χ1n) is 6.57. The molecule has 1 aromatic heterocycles. The van der Waals surface area contributed by atoms with Crippen LogP contribution in [0.5, 0.6) is 0 Å². The highest BCUT2D eigenvalue weighted by Gasteiger charge is 2.23. The Morgan fingerprint density at radius 3 is 2.95 bits per heavy atom. The Bertz CT molecular complexity index is 646. The summed E-state index contributed by atoms with van der Waals surface area (Å²) in [6.45, 7) is -0.167. The van der Waals surface area contributed by atoms with Crippen LogP contribution >= 0.6 is 0 Å². The molecule has 0 radical (unpaired) electrons. The number of carbonyl (C=O) groups is 2. The number of amides is 1. The van der Waals surface area contributed by atoms with Gasteiger partial charge in [0.05, 0.1) is 17.4 Å². The Kier molecular flexibility index (Phi) is 3.37. The topological polar surface area (TPSA) is 73.2 Å². The Hall–Kier alpha value is -2.37. The van der Waals surface area contributed by atoms with Gasteiger partial charge in [0.1, 0.15) is 6.54 Å². The molecule has 1 saturated carbocycles. The van der Waals surface area contributed by atoms with Crippen molar-refractivity contribution in [3.8, 4) is 0 Å². The summed E-state index contributed by atoms with van der Waals surface area (Å²) in [7, 11) is 0. The minimum Gasteiger partial charge on any atom is -0.454 e. The molecule has 20 heavy (non-hydrogen) atoms. The zero-order valence-electron chi connectivity index (χ0n) is 10.9. The number of para-hydroxylation sites is 2. The number of carbonyl (C=O) groups excluding carboxylic acids is 2. The number of benzene rings is 1. The number of nitrogens with one attached hydrogen (secondary N) is 1. The lowest BCUT2D eigenvalue weighted by Crippen LogP contribution is -2.31.